The van der Waals surface area contributed by atoms with E-state index in [1.54, 1.807) is 48.5 Å². The van der Waals surface area contributed by atoms with Crippen molar-refractivity contribution in [2.24, 2.45) is 0 Å². The Morgan fingerprint density at radius 2 is 1.10 bits per heavy atom. The van der Waals surface area contributed by atoms with Gasteiger partial charge in [0.2, 0.25) is 0 Å². The maximum absolute atomic E-state index is 15.7. The minimum atomic E-state index is -1.05. The molecule has 0 radical (unpaired) electrons. The van der Waals surface area contributed by atoms with Gasteiger partial charge < -0.3 is 33.2 Å². The van der Waals surface area contributed by atoms with Crippen LogP contribution < -0.4 is 23.7 Å². The summed E-state index contributed by atoms with van der Waals surface area (Å²) >= 11 is 0. The number of esters is 4. The number of hydrogen-bond donors (Lipinski definition) is 0. The standard InChI is InChI=1S/C56H50F2O11/c1-36(59)66-41-22-24-45(47(57)33-41)54(61)68-49-26-18-38-11-5-7-13-43(38)52(49)53-44-14-8-6-12-39(44)19-27-50(53)69-55(62)46-25-23-42(34-48(46)58)67-51(60)28-17-37-15-20-40(21-16-37)64-31-10-4-3-9-30-63-32-29-56(2)35-65-56/h5-8,11-16,18-27,33-34H,3-4,9-10,17,28-32,35H2,1-2H3. The van der Waals surface area contributed by atoms with E-state index in [-0.39, 0.29) is 35.0 Å². The predicted octanol–water partition coefficient (Wildman–Crippen LogP) is 12.0. The molecule has 0 amide bonds. The lowest BCUT2D eigenvalue weighted by molar-refractivity contribution is -0.134. The largest absolute Gasteiger partial charge is 0.494 e. The molecule has 69 heavy (non-hydrogen) atoms. The summed E-state index contributed by atoms with van der Waals surface area (Å²) in [5.74, 6) is -4.70. The average Bonchev–Trinajstić information content (AvgIpc) is 4.08. The first-order valence-electron chi connectivity index (χ1n) is 22.8. The second-order valence-electron chi connectivity index (χ2n) is 17.0. The van der Waals surface area contributed by atoms with Crippen molar-refractivity contribution in [1.82, 2.24) is 0 Å². The lowest BCUT2D eigenvalue weighted by atomic mass is 9.92. The third kappa shape index (κ3) is 12.5. The predicted molar refractivity (Wildman–Crippen MR) is 255 cm³/mol. The van der Waals surface area contributed by atoms with Gasteiger partial charge in [0.05, 0.1) is 29.9 Å². The number of epoxide rings is 1. The maximum Gasteiger partial charge on any atom is 0.346 e. The molecule has 0 saturated carbocycles. The molecule has 7 aromatic carbocycles. The topological polar surface area (TPSA) is 136 Å². The maximum atomic E-state index is 15.7. The second-order valence-corrected chi connectivity index (χ2v) is 17.0. The van der Waals surface area contributed by atoms with Crippen molar-refractivity contribution >= 4 is 45.4 Å². The number of hydrogen-bond acceptors (Lipinski definition) is 11. The molecular weight excluding hydrogens is 887 g/mol. The molecule has 0 spiro atoms. The Kier molecular flexibility index (Phi) is 15.4. The number of halogens is 2. The fourth-order valence-electron chi connectivity index (χ4n) is 7.80. The second kappa shape index (κ2) is 22.1. The molecule has 13 heteroatoms. The first kappa shape index (κ1) is 48.0. The Hall–Kier alpha value is -7.48. The third-order valence-corrected chi connectivity index (χ3v) is 11.7. The fraction of sp³-hybridized carbons (Fsp3) is 0.250. The number of ether oxygens (including phenoxy) is 7. The molecule has 11 nitrogen and oxygen atoms in total. The number of carbonyl (C=O) groups is 4. The number of unbranched alkanes of at least 4 members (excludes halogenated alkanes) is 3. The van der Waals surface area contributed by atoms with Gasteiger partial charge >= 0.3 is 23.9 Å². The molecular formula is C56H50F2O11. The summed E-state index contributed by atoms with van der Waals surface area (Å²) in [5, 5.41) is 2.69. The van der Waals surface area contributed by atoms with Gasteiger partial charge in [-0.05, 0) is 108 Å². The van der Waals surface area contributed by atoms with Crippen LogP contribution in [0, 0.1) is 11.6 Å². The van der Waals surface area contributed by atoms with Crippen molar-refractivity contribution in [3.05, 3.63) is 162 Å². The van der Waals surface area contributed by atoms with Gasteiger partial charge in [-0.2, -0.15) is 0 Å². The molecule has 0 bridgehead atoms. The summed E-state index contributed by atoms with van der Waals surface area (Å²) in [6.07, 6.45) is 5.43. The molecule has 1 aliphatic heterocycles. The number of rotatable bonds is 21. The average molecular weight is 937 g/mol. The van der Waals surface area contributed by atoms with Gasteiger partial charge in [0.15, 0.2) is 0 Å². The van der Waals surface area contributed by atoms with E-state index in [9.17, 15) is 19.2 Å². The van der Waals surface area contributed by atoms with Gasteiger partial charge in [-0.3, -0.25) is 9.59 Å². The number of benzene rings is 7. The van der Waals surface area contributed by atoms with Gasteiger partial charge in [0.25, 0.3) is 0 Å². The summed E-state index contributed by atoms with van der Waals surface area (Å²) in [5.41, 5.74) is 0.769. The smallest absolute Gasteiger partial charge is 0.346 e. The molecule has 0 aliphatic carbocycles. The van der Waals surface area contributed by atoms with Crippen LogP contribution in [0.2, 0.25) is 0 Å². The normalized spacial score (nSPS) is 14.0. The van der Waals surface area contributed by atoms with E-state index in [1.807, 2.05) is 48.5 Å². The minimum absolute atomic E-state index is 0.0106. The van der Waals surface area contributed by atoms with E-state index in [2.05, 4.69) is 6.92 Å². The highest BCUT2D eigenvalue weighted by Crippen LogP contribution is 2.46. The first-order chi connectivity index (χ1) is 33.4. The van der Waals surface area contributed by atoms with Crippen molar-refractivity contribution in [1.29, 1.82) is 0 Å². The Bertz CT molecular complexity index is 3000. The minimum Gasteiger partial charge on any atom is -0.494 e. The summed E-state index contributed by atoms with van der Waals surface area (Å²) in [6.45, 7) is 6.20. The lowest BCUT2D eigenvalue weighted by Gasteiger charge is -2.19. The van der Waals surface area contributed by atoms with Crippen LogP contribution in [0.15, 0.2) is 133 Å². The van der Waals surface area contributed by atoms with Crippen LogP contribution in [0.3, 0.4) is 0 Å². The van der Waals surface area contributed by atoms with E-state index in [0.29, 0.717) is 34.9 Å². The van der Waals surface area contributed by atoms with Crippen LogP contribution >= 0.6 is 0 Å². The highest BCUT2D eigenvalue weighted by atomic mass is 19.1. The lowest BCUT2D eigenvalue weighted by Crippen LogP contribution is -2.14. The van der Waals surface area contributed by atoms with Crippen molar-refractivity contribution in [3.63, 3.8) is 0 Å². The van der Waals surface area contributed by atoms with Crippen molar-refractivity contribution < 1.29 is 61.1 Å². The molecule has 1 saturated heterocycles. The van der Waals surface area contributed by atoms with Crippen molar-refractivity contribution in [3.8, 4) is 39.9 Å². The molecule has 1 heterocycles. The van der Waals surface area contributed by atoms with Crippen LogP contribution in [-0.2, 0) is 25.5 Å². The van der Waals surface area contributed by atoms with Gasteiger partial charge in [-0.15, -0.1) is 0 Å². The zero-order chi connectivity index (χ0) is 48.3. The number of aryl methyl sites for hydroxylation is 1. The molecule has 1 fully saturated rings. The number of carbonyl (C=O) groups excluding carboxylic acids is 4. The SMILES string of the molecule is CC(=O)Oc1ccc(C(=O)Oc2ccc3ccccc3c2-c2c(OC(=O)c3ccc(OC(=O)CCc4ccc(OCCCCCCOCCC5(C)CO5)cc4)cc3F)ccc3ccccc23)c(F)c1. The van der Waals surface area contributed by atoms with E-state index in [4.69, 9.17) is 33.2 Å². The van der Waals surface area contributed by atoms with Crippen molar-refractivity contribution in [2.45, 2.75) is 64.4 Å². The van der Waals surface area contributed by atoms with Crippen LogP contribution in [0.4, 0.5) is 8.78 Å². The Morgan fingerprint density at radius 1 is 0.580 bits per heavy atom. The quantitative estimate of drug-likeness (QED) is 0.0295. The zero-order valence-electron chi connectivity index (χ0n) is 38.2. The summed E-state index contributed by atoms with van der Waals surface area (Å²) in [7, 11) is 0. The summed E-state index contributed by atoms with van der Waals surface area (Å²) in [4.78, 5) is 51.7. The fourth-order valence-corrected chi connectivity index (χ4v) is 7.80. The highest BCUT2D eigenvalue weighted by molar-refractivity contribution is 6.11. The van der Waals surface area contributed by atoms with Crippen LogP contribution in [0.5, 0.6) is 28.7 Å². The first-order valence-corrected chi connectivity index (χ1v) is 22.8. The molecule has 1 unspecified atom stereocenters. The molecule has 8 rings (SSSR count). The van der Waals surface area contributed by atoms with Gasteiger partial charge in [0.1, 0.15) is 40.4 Å². The number of fused-ring (bicyclic) bond motifs is 2. The van der Waals surface area contributed by atoms with E-state index in [1.165, 1.54) is 25.1 Å². The molecule has 0 aromatic heterocycles. The van der Waals surface area contributed by atoms with Crippen LogP contribution in [0.25, 0.3) is 32.7 Å². The van der Waals surface area contributed by atoms with Crippen molar-refractivity contribution in [2.75, 3.05) is 26.4 Å². The Balaban J connectivity index is 0.900. The zero-order valence-corrected chi connectivity index (χ0v) is 38.2. The van der Waals surface area contributed by atoms with Gasteiger partial charge in [0, 0.05) is 56.2 Å². The molecule has 354 valence electrons. The molecule has 1 aliphatic rings. The van der Waals surface area contributed by atoms with Crippen LogP contribution in [-0.4, -0.2) is 55.9 Å². The molecule has 7 aromatic rings. The van der Waals surface area contributed by atoms with Crippen LogP contribution in [0.1, 0.15) is 78.7 Å². The summed E-state index contributed by atoms with van der Waals surface area (Å²) in [6, 6.07) is 35.3. The van der Waals surface area contributed by atoms with E-state index < -0.39 is 46.6 Å². The summed E-state index contributed by atoms with van der Waals surface area (Å²) < 4.78 is 70.2. The van der Waals surface area contributed by atoms with Gasteiger partial charge in [-0.25, -0.2) is 18.4 Å². The Morgan fingerprint density at radius 3 is 1.64 bits per heavy atom. The molecule has 0 N–H and O–H groups in total. The molecule has 1 atom stereocenters. The van der Waals surface area contributed by atoms with Gasteiger partial charge in [-0.1, -0.05) is 79.2 Å². The van der Waals surface area contributed by atoms with E-state index in [0.717, 1.165) is 92.2 Å². The third-order valence-electron chi connectivity index (χ3n) is 11.7. The highest BCUT2D eigenvalue weighted by Gasteiger charge is 2.38. The Labute approximate surface area is 397 Å². The monoisotopic (exact) mass is 936 g/mol. The van der Waals surface area contributed by atoms with E-state index >= 15 is 8.78 Å².